The highest BCUT2D eigenvalue weighted by Crippen LogP contribution is 2.39. The third-order valence-electron chi connectivity index (χ3n) is 5.39. The Morgan fingerprint density at radius 2 is 1.86 bits per heavy atom. The zero-order valence-corrected chi connectivity index (χ0v) is 17.5. The summed E-state index contributed by atoms with van der Waals surface area (Å²) in [6.45, 7) is 4.14. The molecule has 0 unspecified atom stereocenters. The van der Waals surface area contributed by atoms with Crippen LogP contribution in [0.4, 0.5) is 0 Å². The van der Waals surface area contributed by atoms with Crippen LogP contribution < -0.4 is 5.43 Å². The molecule has 5 nitrogen and oxygen atoms in total. The van der Waals surface area contributed by atoms with Crippen molar-refractivity contribution in [3.8, 4) is 0 Å². The molecular formula is C23H23NO4S. The number of amides is 1. The van der Waals surface area contributed by atoms with Gasteiger partial charge in [-0.1, -0.05) is 18.2 Å². The van der Waals surface area contributed by atoms with Crippen LogP contribution in [0.3, 0.4) is 0 Å². The van der Waals surface area contributed by atoms with Gasteiger partial charge in [-0.3, -0.25) is 9.59 Å². The smallest absolute Gasteiger partial charge is 0.290 e. The van der Waals surface area contributed by atoms with Crippen LogP contribution in [0.5, 0.6) is 0 Å². The predicted octanol–water partition coefficient (Wildman–Crippen LogP) is 4.06. The second kappa shape index (κ2) is 7.69. The van der Waals surface area contributed by atoms with E-state index in [0.717, 1.165) is 21.6 Å². The Morgan fingerprint density at radius 1 is 1.14 bits per heavy atom. The van der Waals surface area contributed by atoms with E-state index in [2.05, 4.69) is 0 Å². The first-order valence-corrected chi connectivity index (χ1v) is 10.8. The maximum absolute atomic E-state index is 13.5. The van der Waals surface area contributed by atoms with Crippen LogP contribution >= 0.6 is 11.8 Å². The summed E-state index contributed by atoms with van der Waals surface area (Å²) in [5.74, 6) is -0.183. The third kappa shape index (κ3) is 3.26. The lowest BCUT2D eigenvalue weighted by molar-refractivity contribution is 0.0716. The second-order valence-electron chi connectivity index (χ2n) is 7.38. The monoisotopic (exact) mass is 409 g/mol. The number of aryl methyl sites for hydroxylation is 2. The molecule has 29 heavy (non-hydrogen) atoms. The van der Waals surface area contributed by atoms with Crippen molar-refractivity contribution in [1.29, 1.82) is 0 Å². The van der Waals surface area contributed by atoms with Crippen molar-refractivity contribution in [2.45, 2.75) is 31.2 Å². The number of benzene rings is 2. The van der Waals surface area contributed by atoms with E-state index in [1.165, 1.54) is 0 Å². The Balaban J connectivity index is 1.97. The van der Waals surface area contributed by atoms with Crippen LogP contribution in [-0.4, -0.2) is 35.3 Å². The van der Waals surface area contributed by atoms with Gasteiger partial charge in [0.2, 0.25) is 5.76 Å². The molecule has 1 N–H and O–H groups in total. The minimum Gasteiger partial charge on any atom is -0.450 e. The zero-order valence-electron chi connectivity index (χ0n) is 16.7. The molecule has 1 atom stereocenters. The van der Waals surface area contributed by atoms with Crippen LogP contribution in [0.1, 0.15) is 45.3 Å². The molecule has 0 fully saturated rings. The Labute approximate surface area is 173 Å². The van der Waals surface area contributed by atoms with Crippen molar-refractivity contribution in [3.05, 3.63) is 74.6 Å². The summed E-state index contributed by atoms with van der Waals surface area (Å²) >= 11 is 1.64. The summed E-state index contributed by atoms with van der Waals surface area (Å²) in [5.41, 5.74) is 3.37. The van der Waals surface area contributed by atoms with Gasteiger partial charge in [-0.15, -0.1) is 11.8 Å². The van der Waals surface area contributed by atoms with Crippen molar-refractivity contribution in [3.63, 3.8) is 0 Å². The van der Waals surface area contributed by atoms with Gasteiger partial charge in [0.05, 0.1) is 17.0 Å². The lowest BCUT2D eigenvalue weighted by Gasteiger charge is -2.25. The van der Waals surface area contributed by atoms with Crippen LogP contribution in [0.2, 0.25) is 0 Å². The summed E-state index contributed by atoms with van der Waals surface area (Å²) < 4.78 is 6.03. The van der Waals surface area contributed by atoms with Crippen LogP contribution in [0.15, 0.2) is 50.5 Å². The van der Waals surface area contributed by atoms with Gasteiger partial charge in [0.15, 0.2) is 5.43 Å². The molecule has 0 spiro atoms. The maximum Gasteiger partial charge on any atom is 0.290 e. The number of carbonyl (C=O) groups is 1. The topological polar surface area (TPSA) is 70.8 Å². The molecule has 3 aromatic rings. The molecular weight excluding hydrogens is 386 g/mol. The summed E-state index contributed by atoms with van der Waals surface area (Å²) in [6.07, 6.45) is 2.44. The van der Waals surface area contributed by atoms with E-state index >= 15 is 0 Å². The Morgan fingerprint density at radius 3 is 2.52 bits per heavy atom. The first-order chi connectivity index (χ1) is 14.0. The number of nitrogens with zero attached hydrogens (tertiary/aromatic N) is 1. The highest BCUT2D eigenvalue weighted by molar-refractivity contribution is 7.98. The maximum atomic E-state index is 13.5. The van der Waals surface area contributed by atoms with E-state index < -0.39 is 6.04 Å². The lowest BCUT2D eigenvalue weighted by atomic mass is 9.97. The van der Waals surface area contributed by atoms with E-state index in [4.69, 9.17) is 4.42 Å². The van der Waals surface area contributed by atoms with Gasteiger partial charge in [0, 0.05) is 18.0 Å². The summed E-state index contributed by atoms with van der Waals surface area (Å²) in [4.78, 5) is 29.4. The average molecular weight is 410 g/mol. The molecule has 0 bridgehead atoms. The molecule has 150 valence electrons. The lowest BCUT2D eigenvalue weighted by Crippen LogP contribution is -2.31. The van der Waals surface area contributed by atoms with Crippen molar-refractivity contribution in [1.82, 2.24) is 4.90 Å². The standard InChI is InChI=1S/C23H23NO4S/c1-13-11-14(2)21-17(12-13)20(26)18-19(15-5-7-16(29-3)8-6-15)24(9-4-10-25)23(27)22(18)28-21/h5-8,11-12,19,25H,4,9-10H2,1-3H3/t19-/m1/s1. The average Bonchev–Trinajstić information content (AvgIpc) is 2.99. The van der Waals surface area contributed by atoms with E-state index in [0.29, 0.717) is 29.5 Å². The predicted molar refractivity (Wildman–Crippen MR) is 115 cm³/mol. The molecule has 0 saturated heterocycles. The fourth-order valence-electron chi connectivity index (χ4n) is 4.08. The van der Waals surface area contributed by atoms with Gasteiger partial charge in [0.25, 0.3) is 5.91 Å². The number of hydrogen-bond donors (Lipinski definition) is 1. The minimum atomic E-state index is -0.513. The molecule has 0 saturated carbocycles. The number of carbonyl (C=O) groups excluding carboxylic acids is 1. The van der Waals surface area contributed by atoms with E-state index in [-0.39, 0.29) is 23.7 Å². The fraction of sp³-hybridized carbons (Fsp3) is 0.304. The summed E-state index contributed by atoms with van der Waals surface area (Å²) in [5, 5.41) is 9.81. The molecule has 1 aromatic heterocycles. The third-order valence-corrected chi connectivity index (χ3v) is 6.13. The number of aliphatic hydroxyl groups is 1. The number of thioether (sulfide) groups is 1. The second-order valence-corrected chi connectivity index (χ2v) is 8.26. The fourth-order valence-corrected chi connectivity index (χ4v) is 4.49. The number of fused-ring (bicyclic) bond motifs is 2. The van der Waals surface area contributed by atoms with E-state index in [1.807, 2.05) is 56.5 Å². The normalized spacial score (nSPS) is 15.9. The van der Waals surface area contributed by atoms with E-state index in [9.17, 15) is 14.7 Å². The number of aliphatic hydroxyl groups excluding tert-OH is 1. The van der Waals surface area contributed by atoms with Crippen LogP contribution in [0, 0.1) is 13.8 Å². The first-order valence-electron chi connectivity index (χ1n) is 9.60. The summed E-state index contributed by atoms with van der Waals surface area (Å²) in [6, 6.07) is 11.1. The molecule has 0 radical (unpaired) electrons. The minimum absolute atomic E-state index is 0.0279. The Hall–Kier alpha value is -2.57. The van der Waals surface area contributed by atoms with Gasteiger partial charge in [-0.25, -0.2) is 0 Å². The SMILES string of the molecule is CSc1ccc([C@@H]2c3c(oc4c(C)cc(C)cc4c3=O)C(=O)N2CCCO)cc1. The van der Waals surface area contributed by atoms with Gasteiger partial charge < -0.3 is 14.4 Å². The first kappa shape index (κ1) is 19.7. The number of hydrogen-bond acceptors (Lipinski definition) is 5. The number of rotatable bonds is 5. The van der Waals surface area contributed by atoms with Gasteiger partial charge >= 0.3 is 0 Å². The van der Waals surface area contributed by atoms with Crippen molar-refractivity contribution in [2.75, 3.05) is 19.4 Å². The molecule has 6 heteroatoms. The van der Waals surface area contributed by atoms with Gasteiger partial charge in [-0.2, -0.15) is 0 Å². The molecule has 4 rings (SSSR count). The molecule has 0 aliphatic carbocycles. The largest absolute Gasteiger partial charge is 0.450 e. The van der Waals surface area contributed by atoms with Crippen molar-refractivity contribution >= 4 is 28.6 Å². The van der Waals surface area contributed by atoms with Crippen molar-refractivity contribution in [2.24, 2.45) is 0 Å². The zero-order chi connectivity index (χ0) is 20.7. The summed E-state index contributed by atoms with van der Waals surface area (Å²) in [7, 11) is 0. The highest BCUT2D eigenvalue weighted by Gasteiger charge is 2.42. The quantitative estimate of drug-likeness (QED) is 0.644. The van der Waals surface area contributed by atoms with E-state index in [1.54, 1.807) is 16.7 Å². The molecule has 1 aliphatic heterocycles. The van der Waals surface area contributed by atoms with Gasteiger partial charge in [-0.05, 0) is 61.4 Å². The molecule has 2 heterocycles. The Kier molecular flexibility index (Phi) is 5.23. The molecule has 1 aliphatic rings. The van der Waals surface area contributed by atoms with Crippen molar-refractivity contribution < 1.29 is 14.3 Å². The Bertz CT molecular complexity index is 1150. The molecule has 1 amide bonds. The highest BCUT2D eigenvalue weighted by atomic mass is 32.2. The van der Waals surface area contributed by atoms with Gasteiger partial charge in [0.1, 0.15) is 5.58 Å². The van der Waals surface area contributed by atoms with Crippen LogP contribution in [0.25, 0.3) is 11.0 Å². The van der Waals surface area contributed by atoms with Crippen LogP contribution in [-0.2, 0) is 0 Å². The molecule has 2 aromatic carbocycles.